The predicted octanol–water partition coefficient (Wildman–Crippen LogP) is 2.36. The van der Waals surface area contributed by atoms with Crippen molar-refractivity contribution in [2.45, 2.75) is 20.3 Å². The van der Waals surface area contributed by atoms with E-state index in [2.05, 4.69) is 4.98 Å². The van der Waals surface area contributed by atoms with Crippen LogP contribution >= 0.6 is 11.3 Å². The van der Waals surface area contributed by atoms with Gasteiger partial charge in [0.15, 0.2) is 0 Å². The van der Waals surface area contributed by atoms with Gasteiger partial charge >= 0.3 is 0 Å². The number of aromatic nitrogens is 1. The van der Waals surface area contributed by atoms with Crippen LogP contribution in [0.15, 0.2) is 17.6 Å². The van der Waals surface area contributed by atoms with E-state index in [4.69, 9.17) is 11.5 Å². The summed E-state index contributed by atoms with van der Waals surface area (Å²) < 4.78 is 0. The molecule has 1 amide bonds. The summed E-state index contributed by atoms with van der Waals surface area (Å²) in [5.41, 5.74) is 15.3. The molecule has 4 nitrogen and oxygen atoms in total. The third kappa shape index (κ3) is 1.97. The minimum absolute atomic E-state index is 0.459. The zero-order valence-corrected chi connectivity index (χ0v) is 11.2. The Hall–Kier alpha value is -1.88. The van der Waals surface area contributed by atoms with E-state index in [-0.39, 0.29) is 0 Å². The van der Waals surface area contributed by atoms with Crippen LogP contribution in [-0.4, -0.2) is 10.9 Å². The van der Waals surface area contributed by atoms with Gasteiger partial charge < -0.3 is 11.5 Å². The summed E-state index contributed by atoms with van der Waals surface area (Å²) in [7, 11) is 0. The average molecular weight is 261 g/mol. The van der Waals surface area contributed by atoms with Crippen LogP contribution in [-0.2, 0) is 6.42 Å². The molecule has 1 aromatic carbocycles. The fourth-order valence-corrected chi connectivity index (χ4v) is 2.72. The molecule has 0 aliphatic heterocycles. The number of rotatable bonds is 3. The minimum Gasteiger partial charge on any atom is -0.398 e. The first-order chi connectivity index (χ1) is 8.56. The molecule has 0 saturated carbocycles. The minimum atomic E-state index is -0.459. The van der Waals surface area contributed by atoms with E-state index in [1.165, 1.54) is 11.3 Å². The number of benzene rings is 1. The Bertz CT molecular complexity index is 591. The standard InChI is InChI=1S/C13H15N3OS/c1-3-8-10(13-16-4-5-18-13)6-9(12(15)17)7(2)11(8)14/h4-6H,3,14H2,1-2H3,(H2,15,17). The number of nitrogens with two attached hydrogens (primary N) is 2. The van der Waals surface area contributed by atoms with Gasteiger partial charge in [0.25, 0.3) is 0 Å². The van der Waals surface area contributed by atoms with Crippen LogP contribution in [0.2, 0.25) is 0 Å². The molecule has 0 radical (unpaired) electrons. The molecule has 0 unspecified atom stereocenters. The summed E-state index contributed by atoms with van der Waals surface area (Å²) in [4.78, 5) is 15.7. The van der Waals surface area contributed by atoms with Crippen LogP contribution in [0, 0.1) is 6.92 Å². The van der Waals surface area contributed by atoms with E-state index in [1.54, 1.807) is 12.3 Å². The fraction of sp³-hybridized carbons (Fsp3) is 0.231. The first-order valence-corrected chi connectivity index (χ1v) is 6.55. The van der Waals surface area contributed by atoms with Crippen LogP contribution in [0.4, 0.5) is 5.69 Å². The van der Waals surface area contributed by atoms with Crippen molar-refractivity contribution in [2.75, 3.05) is 5.73 Å². The highest BCUT2D eigenvalue weighted by Crippen LogP contribution is 2.33. The number of primary amides is 1. The maximum absolute atomic E-state index is 11.4. The summed E-state index contributed by atoms with van der Waals surface area (Å²) in [5, 5.41) is 2.76. The topological polar surface area (TPSA) is 82.0 Å². The maximum atomic E-state index is 11.4. The Labute approximate surface area is 110 Å². The lowest BCUT2D eigenvalue weighted by molar-refractivity contribution is 0.1000. The zero-order valence-electron chi connectivity index (χ0n) is 10.4. The maximum Gasteiger partial charge on any atom is 0.249 e. The largest absolute Gasteiger partial charge is 0.398 e. The molecule has 0 spiro atoms. The van der Waals surface area contributed by atoms with Crippen molar-refractivity contribution >= 4 is 22.9 Å². The van der Waals surface area contributed by atoms with Crippen molar-refractivity contribution in [3.05, 3.63) is 34.3 Å². The molecule has 5 heteroatoms. The lowest BCUT2D eigenvalue weighted by Gasteiger charge is -2.14. The quantitative estimate of drug-likeness (QED) is 0.832. The molecule has 0 aliphatic carbocycles. The second-order valence-corrected chi connectivity index (χ2v) is 4.94. The molecule has 0 saturated heterocycles. The fourth-order valence-electron chi connectivity index (χ4n) is 2.04. The van der Waals surface area contributed by atoms with E-state index in [0.717, 1.165) is 28.1 Å². The monoisotopic (exact) mass is 261 g/mol. The van der Waals surface area contributed by atoms with Gasteiger partial charge in [-0.3, -0.25) is 4.79 Å². The highest BCUT2D eigenvalue weighted by Gasteiger charge is 2.17. The van der Waals surface area contributed by atoms with Gasteiger partial charge in [-0.2, -0.15) is 0 Å². The van der Waals surface area contributed by atoms with Crippen LogP contribution in [0.1, 0.15) is 28.4 Å². The summed E-state index contributed by atoms with van der Waals surface area (Å²) >= 11 is 1.52. The number of carbonyl (C=O) groups excluding carboxylic acids is 1. The Kier molecular flexibility index (Phi) is 3.34. The van der Waals surface area contributed by atoms with Crippen molar-refractivity contribution in [3.8, 4) is 10.6 Å². The second-order valence-electron chi connectivity index (χ2n) is 4.04. The van der Waals surface area contributed by atoms with Gasteiger partial charge in [-0.05, 0) is 30.5 Å². The smallest absolute Gasteiger partial charge is 0.249 e. The van der Waals surface area contributed by atoms with Crippen molar-refractivity contribution in [3.63, 3.8) is 0 Å². The Morgan fingerprint density at radius 1 is 1.50 bits per heavy atom. The van der Waals surface area contributed by atoms with E-state index in [9.17, 15) is 4.79 Å². The summed E-state index contributed by atoms with van der Waals surface area (Å²) in [5.74, 6) is -0.459. The molecule has 4 N–H and O–H groups in total. The number of nitrogen functional groups attached to an aromatic ring is 1. The molecule has 2 rings (SSSR count). The van der Waals surface area contributed by atoms with E-state index in [0.29, 0.717) is 11.3 Å². The van der Waals surface area contributed by atoms with Crippen LogP contribution in [0.3, 0.4) is 0 Å². The number of hydrogen-bond acceptors (Lipinski definition) is 4. The van der Waals surface area contributed by atoms with Crippen molar-refractivity contribution in [1.29, 1.82) is 0 Å². The highest BCUT2D eigenvalue weighted by molar-refractivity contribution is 7.13. The molecule has 0 fully saturated rings. The Morgan fingerprint density at radius 2 is 2.22 bits per heavy atom. The summed E-state index contributed by atoms with van der Waals surface area (Å²) in [6.45, 7) is 3.85. The van der Waals surface area contributed by atoms with E-state index >= 15 is 0 Å². The number of hydrogen-bond donors (Lipinski definition) is 2. The van der Waals surface area contributed by atoms with Gasteiger partial charge in [-0.25, -0.2) is 4.98 Å². The summed E-state index contributed by atoms with van der Waals surface area (Å²) in [6, 6.07) is 1.80. The first kappa shape index (κ1) is 12.6. The normalized spacial score (nSPS) is 10.6. The third-order valence-corrected chi connectivity index (χ3v) is 3.84. The van der Waals surface area contributed by atoms with Crippen molar-refractivity contribution < 1.29 is 4.79 Å². The molecule has 0 bridgehead atoms. The number of amides is 1. The van der Waals surface area contributed by atoms with Gasteiger partial charge in [-0.1, -0.05) is 6.92 Å². The van der Waals surface area contributed by atoms with Crippen LogP contribution < -0.4 is 11.5 Å². The van der Waals surface area contributed by atoms with Gasteiger partial charge in [0.2, 0.25) is 5.91 Å². The molecule has 18 heavy (non-hydrogen) atoms. The zero-order chi connectivity index (χ0) is 13.3. The molecular formula is C13H15N3OS. The number of nitrogens with zero attached hydrogens (tertiary/aromatic N) is 1. The molecule has 1 aromatic heterocycles. The molecule has 0 aliphatic rings. The van der Waals surface area contributed by atoms with Crippen LogP contribution in [0.25, 0.3) is 10.6 Å². The first-order valence-electron chi connectivity index (χ1n) is 5.67. The highest BCUT2D eigenvalue weighted by atomic mass is 32.1. The second kappa shape index (κ2) is 4.78. The number of thiazole rings is 1. The Morgan fingerprint density at radius 3 is 2.72 bits per heavy atom. The number of carbonyl (C=O) groups is 1. The number of anilines is 1. The molecular weight excluding hydrogens is 246 g/mol. The summed E-state index contributed by atoms with van der Waals surface area (Å²) in [6.07, 6.45) is 2.53. The van der Waals surface area contributed by atoms with Gasteiger partial charge in [0, 0.05) is 28.4 Å². The van der Waals surface area contributed by atoms with Gasteiger partial charge in [0.05, 0.1) is 0 Å². The SMILES string of the molecule is CCc1c(-c2nccs2)cc(C(N)=O)c(C)c1N. The molecule has 0 atom stereocenters. The molecule has 2 aromatic rings. The van der Waals surface area contributed by atoms with Gasteiger partial charge in [0.1, 0.15) is 5.01 Å². The third-order valence-electron chi connectivity index (χ3n) is 3.03. The molecule has 1 heterocycles. The Balaban J connectivity index is 2.75. The van der Waals surface area contributed by atoms with Crippen LogP contribution in [0.5, 0.6) is 0 Å². The van der Waals surface area contributed by atoms with Gasteiger partial charge in [-0.15, -0.1) is 11.3 Å². The van der Waals surface area contributed by atoms with E-state index < -0.39 is 5.91 Å². The average Bonchev–Trinajstić information content (AvgIpc) is 2.85. The predicted molar refractivity (Wildman–Crippen MR) is 74.6 cm³/mol. The lowest BCUT2D eigenvalue weighted by atomic mass is 9.95. The lowest BCUT2D eigenvalue weighted by Crippen LogP contribution is -2.15. The van der Waals surface area contributed by atoms with E-state index in [1.807, 2.05) is 19.2 Å². The molecule has 94 valence electrons. The van der Waals surface area contributed by atoms with Crippen molar-refractivity contribution in [2.24, 2.45) is 5.73 Å². The van der Waals surface area contributed by atoms with Crippen molar-refractivity contribution in [1.82, 2.24) is 4.98 Å².